The van der Waals surface area contributed by atoms with Crippen LogP contribution < -0.4 is 0 Å². The normalized spacial score (nSPS) is 10.4. The first-order valence-electron chi connectivity index (χ1n) is 7.95. The van der Waals surface area contributed by atoms with Gasteiger partial charge in [-0.05, 0) is 44.2 Å². The molecule has 25 heavy (non-hydrogen) atoms. The Bertz CT molecular complexity index is 802. The van der Waals surface area contributed by atoms with Gasteiger partial charge in [-0.25, -0.2) is 4.79 Å². The van der Waals surface area contributed by atoms with Gasteiger partial charge in [0.15, 0.2) is 6.61 Å². The molecular formula is C19H21NO5. The van der Waals surface area contributed by atoms with Crippen molar-refractivity contribution in [2.75, 3.05) is 13.7 Å². The Labute approximate surface area is 146 Å². The molecule has 0 unspecified atom stereocenters. The smallest absolute Gasteiger partial charge is 0.337 e. The Kier molecular flexibility index (Phi) is 5.75. The summed E-state index contributed by atoms with van der Waals surface area (Å²) >= 11 is 0. The van der Waals surface area contributed by atoms with E-state index in [2.05, 4.69) is 4.74 Å². The molecule has 0 saturated heterocycles. The first-order valence-corrected chi connectivity index (χ1v) is 7.95. The van der Waals surface area contributed by atoms with Crippen molar-refractivity contribution in [3.05, 3.63) is 52.8 Å². The number of Topliss-reactive ketones (excluding diaryl/α,β-unsaturated/α-hetero) is 1. The Hall–Kier alpha value is -2.89. The molecule has 0 spiro atoms. The highest BCUT2D eigenvalue weighted by Crippen LogP contribution is 2.22. The predicted molar refractivity (Wildman–Crippen MR) is 92.2 cm³/mol. The lowest BCUT2D eigenvalue weighted by molar-refractivity contribution is -0.142. The van der Waals surface area contributed by atoms with E-state index >= 15 is 0 Å². The van der Waals surface area contributed by atoms with Crippen LogP contribution in [0.4, 0.5) is 0 Å². The third kappa shape index (κ3) is 3.96. The molecule has 1 aromatic carbocycles. The maximum absolute atomic E-state index is 12.3. The fourth-order valence-corrected chi connectivity index (χ4v) is 2.63. The van der Waals surface area contributed by atoms with Crippen LogP contribution in [0.5, 0.6) is 0 Å². The molecule has 0 aliphatic carbocycles. The zero-order chi connectivity index (χ0) is 18.6. The molecule has 132 valence electrons. The quantitative estimate of drug-likeness (QED) is 0.595. The number of hydrogen-bond donors (Lipinski definition) is 0. The number of hydrogen-bond acceptors (Lipinski definition) is 5. The van der Waals surface area contributed by atoms with Crippen molar-refractivity contribution in [3.63, 3.8) is 0 Å². The predicted octanol–water partition coefficient (Wildman–Crippen LogP) is 3.02. The standard InChI is InChI=1S/C19H21NO5/c1-5-18(22)25-11-17(21)16-10-12(2)20(13(16)3)15-8-6-14(7-9-15)19(23)24-4/h6-10H,5,11H2,1-4H3. The zero-order valence-electron chi connectivity index (χ0n) is 14.8. The molecule has 2 rings (SSSR count). The molecular weight excluding hydrogens is 322 g/mol. The van der Waals surface area contributed by atoms with E-state index < -0.39 is 11.9 Å². The molecule has 1 heterocycles. The second kappa shape index (κ2) is 7.79. The van der Waals surface area contributed by atoms with Crippen LogP contribution in [0.15, 0.2) is 30.3 Å². The van der Waals surface area contributed by atoms with E-state index in [9.17, 15) is 14.4 Å². The summed E-state index contributed by atoms with van der Waals surface area (Å²) in [5.41, 5.74) is 3.41. The van der Waals surface area contributed by atoms with Gasteiger partial charge < -0.3 is 14.0 Å². The summed E-state index contributed by atoms with van der Waals surface area (Å²) in [5, 5.41) is 0. The van der Waals surface area contributed by atoms with E-state index in [0.717, 1.165) is 17.1 Å². The van der Waals surface area contributed by atoms with E-state index in [1.807, 2.05) is 18.4 Å². The highest BCUT2D eigenvalue weighted by Gasteiger charge is 2.18. The lowest BCUT2D eigenvalue weighted by atomic mass is 10.1. The summed E-state index contributed by atoms with van der Waals surface area (Å²) in [6, 6.07) is 8.69. The average molecular weight is 343 g/mol. The molecule has 0 aliphatic heterocycles. The lowest BCUT2D eigenvalue weighted by Gasteiger charge is -2.10. The van der Waals surface area contributed by atoms with Gasteiger partial charge in [-0.15, -0.1) is 0 Å². The van der Waals surface area contributed by atoms with Crippen LogP contribution in [-0.2, 0) is 14.3 Å². The van der Waals surface area contributed by atoms with Crippen LogP contribution in [0.3, 0.4) is 0 Å². The second-order valence-corrected chi connectivity index (χ2v) is 5.60. The Morgan fingerprint density at radius 1 is 1.08 bits per heavy atom. The minimum Gasteiger partial charge on any atom is -0.465 e. The topological polar surface area (TPSA) is 74.6 Å². The van der Waals surface area contributed by atoms with Crippen molar-refractivity contribution in [1.82, 2.24) is 4.57 Å². The number of carbonyl (C=O) groups is 3. The van der Waals surface area contributed by atoms with Gasteiger partial charge in [-0.1, -0.05) is 6.92 Å². The minimum absolute atomic E-state index is 0.235. The molecule has 0 N–H and O–H groups in total. The van der Waals surface area contributed by atoms with Gasteiger partial charge in [0, 0.05) is 29.1 Å². The number of rotatable bonds is 6. The third-order valence-corrected chi connectivity index (χ3v) is 3.93. The summed E-state index contributed by atoms with van der Waals surface area (Å²) in [7, 11) is 1.33. The third-order valence-electron chi connectivity index (χ3n) is 3.93. The van der Waals surface area contributed by atoms with Crippen LogP contribution in [0.25, 0.3) is 5.69 Å². The van der Waals surface area contributed by atoms with Crippen LogP contribution in [0, 0.1) is 13.8 Å². The largest absolute Gasteiger partial charge is 0.465 e. The maximum atomic E-state index is 12.3. The number of aryl methyl sites for hydroxylation is 1. The van der Waals surface area contributed by atoms with Crippen LogP contribution in [0.1, 0.15) is 45.4 Å². The van der Waals surface area contributed by atoms with Crippen molar-refractivity contribution in [3.8, 4) is 5.69 Å². The summed E-state index contributed by atoms with van der Waals surface area (Å²) in [5.74, 6) is -1.05. The molecule has 0 atom stereocenters. The van der Waals surface area contributed by atoms with Crippen molar-refractivity contribution in [2.45, 2.75) is 27.2 Å². The Balaban J connectivity index is 2.28. The highest BCUT2D eigenvalue weighted by atomic mass is 16.5. The van der Waals surface area contributed by atoms with E-state index in [4.69, 9.17) is 4.74 Å². The molecule has 0 aliphatic rings. The van der Waals surface area contributed by atoms with Crippen molar-refractivity contribution >= 4 is 17.7 Å². The van der Waals surface area contributed by atoms with Gasteiger partial charge in [-0.3, -0.25) is 9.59 Å². The number of ketones is 1. The van der Waals surface area contributed by atoms with Crippen molar-refractivity contribution in [2.24, 2.45) is 0 Å². The lowest BCUT2D eigenvalue weighted by Crippen LogP contribution is -2.14. The number of aromatic nitrogens is 1. The van der Waals surface area contributed by atoms with Gasteiger partial charge in [0.25, 0.3) is 0 Å². The molecule has 6 nitrogen and oxygen atoms in total. The van der Waals surface area contributed by atoms with Crippen LogP contribution in [-0.4, -0.2) is 36.0 Å². The number of ether oxygens (including phenoxy) is 2. The molecule has 0 amide bonds. The van der Waals surface area contributed by atoms with Gasteiger partial charge in [0.2, 0.25) is 5.78 Å². The number of nitrogens with zero attached hydrogens (tertiary/aromatic N) is 1. The van der Waals surface area contributed by atoms with Gasteiger partial charge in [0.05, 0.1) is 12.7 Å². The molecule has 0 radical (unpaired) electrons. The highest BCUT2D eigenvalue weighted by molar-refractivity contribution is 5.99. The molecule has 1 aromatic heterocycles. The SMILES string of the molecule is CCC(=O)OCC(=O)c1cc(C)n(-c2ccc(C(=O)OC)cc2)c1C. The van der Waals surface area contributed by atoms with Crippen LogP contribution >= 0.6 is 0 Å². The summed E-state index contributed by atoms with van der Waals surface area (Å²) in [4.78, 5) is 35.1. The van der Waals surface area contributed by atoms with Crippen molar-refractivity contribution < 1.29 is 23.9 Å². The van der Waals surface area contributed by atoms with Crippen molar-refractivity contribution in [1.29, 1.82) is 0 Å². The molecule has 0 fully saturated rings. The fourth-order valence-electron chi connectivity index (χ4n) is 2.63. The molecule has 0 bridgehead atoms. The number of carbonyl (C=O) groups excluding carboxylic acids is 3. The minimum atomic E-state index is -0.402. The maximum Gasteiger partial charge on any atom is 0.337 e. The van der Waals surface area contributed by atoms with E-state index in [1.54, 1.807) is 37.3 Å². The summed E-state index contributed by atoms with van der Waals surface area (Å²) in [6.07, 6.45) is 0.235. The van der Waals surface area contributed by atoms with E-state index in [-0.39, 0.29) is 18.8 Å². The summed E-state index contributed by atoms with van der Waals surface area (Å²) < 4.78 is 11.5. The van der Waals surface area contributed by atoms with E-state index in [1.165, 1.54) is 7.11 Å². The monoisotopic (exact) mass is 343 g/mol. The number of methoxy groups -OCH3 is 1. The molecule has 0 saturated carbocycles. The Morgan fingerprint density at radius 2 is 1.72 bits per heavy atom. The van der Waals surface area contributed by atoms with Gasteiger partial charge in [0.1, 0.15) is 0 Å². The first-order chi connectivity index (χ1) is 11.9. The molecule has 6 heteroatoms. The van der Waals surface area contributed by atoms with Gasteiger partial charge >= 0.3 is 11.9 Å². The zero-order valence-corrected chi connectivity index (χ0v) is 14.8. The first kappa shape index (κ1) is 18.4. The second-order valence-electron chi connectivity index (χ2n) is 5.60. The Morgan fingerprint density at radius 3 is 2.28 bits per heavy atom. The molecule has 2 aromatic rings. The number of benzene rings is 1. The number of esters is 2. The fraction of sp³-hybridized carbons (Fsp3) is 0.316. The van der Waals surface area contributed by atoms with E-state index in [0.29, 0.717) is 11.1 Å². The van der Waals surface area contributed by atoms with Crippen LogP contribution in [0.2, 0.25) is 0 Å². The summed E-state index contributed by atoms with van der Waals surface area (Å²) in [6.45, 7) is 5.13. The van der Waals surface area contributed by atoms with Gasteiger partial charge in [-0.2, -0.15) is 0 Å². The average Bonchev–Trinajstić information content (AvgIpc) is 2.93.